The lowest BCUT2D eigenvalue weighted by atomic mass is 9.79. The Kier molecular flexibility index (Phi) is 5.71. The smallest absolute Gasteiger partial charge is 0.126 e. The average Bonchev–Trinajstić information content (AvgIpc) is 2.61. The largest absolute Gasteiger partial charge is 0.207 e. The Bertz CT molecular complexity index is 686. The highest BCUT2D eigenvalue weighted by atomic mass is 19.1. The third kappa shape index (κ3) is 3.88. The standard InChI is InChI=1S/C23H29F/c1-3-5-6-7-18-9-13-22(23(24)15-18)21-12-11-19-14-17(4-2)8-10-20(19)16-21/h8-10,13-15,21H,3-7,11-12,16H2,1-2H3. The zero-order valence-corrected chi connectivity index (χ0v) is 15.1. The molecule has 3 rings (SSSR count). The van der Waals surface area contributed by atoms with E-state index in [2.05, 4.69) is 38.1 Å². The lowest BCUT2D eigenvalue weighted by molar-refractivity contribution is 0.532. The quantitative estimate of drug-likeness (QED) is 0.540. The Morgan fingerprint density at radius 1 is 0.958 bits per heavy atom. The first-order valence-corrected chi connectivity index (χ1v) is 9.60. The summed E-state index contributed by atoms with van der Waals surface area (Å²) in [6, 6.07) is 12.8. The van der Waals surface area contributed by atoms with Gasteiger partial charge in [-0.15, -0.1) is 0 Å². The van der Waals surface area contributed by atoms with Crippen LogP contribution in [-0.4, -0.2) is 0 Å². The Morgan fingerprint density at radius 3 is 2.54 bits per heavy atom. The number of hydrogen-bond acceptors (Lipinski definition) is 0. The van der Waals surface area contributed by atoms with Crippen molar-refractivity contribution in [1.29, 1.82) is 0 Å². The molecule has 0 N–H and O–H groups in total. The molecule has 0 bridgehead atoms. The van der Waals surface area contributed by atoms with Crippen LogP contribution in [-0.2, 0) is 25.7 Å². The molecule has 1 aliphatic carbocycles. The maximum absolute atomic E-state index is 14.6. The second-order valence-electron chi connectivity index (χ2n) is 7.21. The summed E-state index contributed by atoms with van der Waals surface area (Å²) in [5.74, 6) is 0.331. The van der Waals surface area contributed by atoms with E-state index < -0.39 is 0 Å². The Labute approximate surface area is 146 Å². The third-order valence-electron chi connectivity index (χ3n) is 5.48. The lowest BCUT2D eigenvalue weighted by Crippen LogP contribution is -2.14. The molecule has 2 aromatic rings. The van der Waals surface area contributed by atoms with Crippen LogP contribution in [0.3, 0.4) is 0 Å². The number of hydrogen-bond donors (Lipinski definition) is 0. The summed E-state index contributed by atoms with van der Waals surface area (Å²) < 4.78 is 14.6. The van der Waals surface area contributed by atoms with E-state index in [-0.39, 0.29) is 5.82 Å². The molecule has 0 radical (unpaired) electrons. The molecule has 0 spiro atoms. The minimum atomic E-state index is 0.00243. The molecule has 1 unspecified atom stereocenters. The Morgan fingerprint density at radius 2 is 1.79 bits per heavy atom. The van der Waals surface area contributed by atoms with Gasteiger partial charge in [0.15, 0.2) is 0 Å². The first kappa shape index (κ1) is 17.2. The summed E-state index contributed by atoms with van der Waals surface area (Å²) in [6.45, 7) is 4.40. The summed E-state index contributed by atoms with van der Waals surface area (Å²) >= 11 is 0. The normalized spacial score (nSPS) is 16.9. The number of aryl methyl sites for hydroxylation is 3. The van der Waals surface area contributed by atoms with Crippen molar-refractivity contribution in [1.82, 2.24) is 0 Å². The molecule has 1 atom stereocenters. The molecule has 128 valence electrons. The van der Waals surface area contributed by atoms with Gasteiger partial charge in [-0.05, 0) is 78.3 Å². The predicted molar refractivity (Wildman–Crippen MR) is 100 cm³/mol. The molecular formula is C23H29F. The lowest BCUT2D eigenvalue weighted by Gasteiger charge is -2.26. The van der Waals surface area contributed by atoms with E-state index in [1.807, 2.05) is 6.07 Å². The molecule has 0 aromatic heterocycles. The van der Waals surface area contributed by atoms with Crippen molar-refractivity contribution in [2.45, 2.75) is 71.1 Å². The van der Waals surface area contributed by atoms with Crippen LogP contribution in [0.2, 0.25) is 0 Å². The van der Waals surface area contributed by atoms with Gasteiger partial charge in [-0.25, -0.2) is 4.39 Å². The zero-order valence-electron chi connectivity index (χ0n) is 15.1. The molecule has 24 heavy (non-hydrogen) atoms. The molecule has 0 saturated carbocycles. The molecule has 0 aliphatic heterocycles. The predicted octanol–water partition coefficient (Wildman–Crippen LogP) is 6.39. The molecule has 1 heteroatoms. The average molecular weight is 324 g/mol. The van der Waals surface area contributed by atoms with Crippen LogP contribution in [0.1, 0.15) is 73.3 Å². The molecular weight excluding hydrogens is 295 g/mol. The van der Waals surface area contributed by atoms with Gasteiger partial charge in [0.2, 0.25) is 0 Å². The maximum atomic E-state index is 14.6. The van der Waals surface area contributed by atoms with Gasteiger partial charge in [-0.3, -0.25) is 0 Å². The van der Waals surface area contributed by atoms with Crippen LogP contribution in [0.4, 0.5) is 4.39 Å². The van der Waals surface area contributed by atoms with Crippen molar-refractivity contribution < 1.29 is 4.39 Å². The van der Waals surface area contributed by atoms with Crippen LogP contribution >= 0.6 is 0 Å². The molecule has 0 heterocycles. The first-order valence-electron chi connectivity index (χ1n) is 9.60. The highest BCUT2D eigenvalue weighted by molar-refractivity contribution is 5.38. The second kappa shape index (κ2) is 7.96. The van der Waals surface area contributed by atoms with E-state index in [4.69, 9.17) is 0 Å². The van der Waals surface area contributed by atoms with Crippen molar-refractivity contribution in [3.05, 3.63) is 70.0 Å². The summed E-state index contributed by atoms with van der Waals surface area (Å²) in [6.07, 6.45) is 8.79. The molecule has 0 nitrogen and oxygen atoms in total. The number of rotatable bonds is 6. The van der Waals surface area contributed by atoms with Crippen molar-refractivity contribution >= 4 is 0 Å². The molecule has 0 fully saturated rings. The summed E-state index contributed by atoms with van der Waals surface area (Å²) in [5.41, 5.74) is 6.36. The number of halogens is 1. The van der Waals surface area contributed by atoms with Gasteiger partial charge in [0.05, 0.1) is 0 Å². The third-order valence-corrected chi connectivity index (χ3v) is 5.48. The molecule has 2 aromatic carbocycles. The van der Waals surface area contributed by atoms with Gasteiger partial charge in [-0.2, -0.15) is 0 Å². The van der Waals surface area contributed by atoms with Crippen LogP contribution in [0.15, 0.2) is 36.4 Å². The van der Waals surface area contributed by atoms with E-state index >= 15 is 0 Å². The fourth-order valence-corrected chi connectivity index (χ4v) is 3.93. The Hall–Kier alpha value is -1.63. The van der Waals surface area contributed by atoms with Crippen molar-refractivity contribution in [3.8, 4) is 0 Å². The van der Waals surface area contributed by atoms with Gasteiger partial charge < -0.3 is 0 Å². The minimum absolute atomic E-state index is 0.00243. The fraction of sp³-hybridized carbons (Fsp3) is 0.478. The van der Waals surface area contributed by atoms with Gasteiger partial charge in [0.25, 0.3) is 0 Å². The van der Waals surface area contributed by atoms with Crippen LogP contribution in [0.5, 0.6) is 0 Å². The SMILES string of the molecule is CCCCCc1ccc(C2CCc3cc(CC)ccc3C2)c(F)c1. The number of benzene rings is 2. The summed E-state index contributed by atoms with van der Waals surface area (Å²) in [5, 5.41) is 0. The first-order chi connectivity index (χ1) is 11.7. The van der Waals surface area contributed by atoms with Gasteiger partial charge in [-0.1, -0.05) is 57.0 Å². The zero-order chi connectivity index (χ0) is 16.9. The summed E-state index contributed by atoms with van der Waals surface area (Å²) in [4.78, 5) is 0. The van der Waals surface area contributed by atoms with Gasteiger partial charge >= 0.3 is 0 Å². The van der Waals surface area contributed by atoms with E-state index in [0.29, 0.717) is 5.92 Å². The number of unbranched alkanes of at least 4 members (excludes halogenated alkanes) is 2. The maximum Gasteiger partial charge on any atom is 0.126 e. The van der Waals surface area contributed by atoms with E-state index in [0.717, 1.165) is 49.7 Å². The van der Waals surface area contributed by atoms with E-state index in [1.54, 1.807) is 6.07 Å². The van der Waals surface area contributed by atoms with Gasteiger partial charge in [0, 0.05) is 0 Å². The topological polar surface area (TPSA) is 0 Å². The van der Waals surface area contributed by atoms with Crippen LogP contribution in [0, 0.1) is 5.82 Å². The fourth-order valence-electron chi connectivity index (χ4n) is 3.93. The van der Waals surface area contributed by atoms with Crippen molar-refractivity contribution in [3.63, 3.8) is 0 Å². The minimum Gasteiger partial charge on any atom is -0.207 e. The van der Waals surface area contributed by atoms with Crippen LogP contribution in [0.25, 0.3) is 0 Å². The van der Waals surface area contributed by atoms with Crippen molar-refractivity contribution in [2.75, 3.05) is 0 Å². The highest BCUT2D eigenvalue weighted by Crippen LogP contribution is 2.34. The molecule has 0 amide bonds. The van der Waals surface area contributed by atoms with Gasteiger partial charge in [0.1, 0.15) is 5.82 Å². The number of fused-ring (bicyclic) bond motifs is 1. The second-order valence-corrected chi connectivity index (χ2v) is 7.21. The van der Waals surface area contributed by atoms with E-state index in [1.165, 1.54) is 29.5 Å². The Balaban J connectivity index is 1.73. The molecule has 1 aliphatic rings. The highest BCUT2D eigenvalue weighted by Gasteiger charge is 2.22. The molecule has 0 saturated heterocycles. The monoisotopic (exact) mass is 324 g/mol. The van der Waals surface area contributed by atoms with E-state index in [9.17, 15) is 4.39 Å². The van der Waals surface area contributed by atoms with Crippen LogP contribution < -0.4 is 0 Å². The summed E-state index contributed by atoms with van der Waals surface area (Å²) in [7, 11) is 0. The van der Waals surface area contributed by atoms with Crippen molar-refractivity contribution in [2.24, 2.45) is 0 Å².